The molecule has 2 atom stereocenters. The van der Waals surface area contributed by atoms with Crippen molar-refractivity contribution < 1.29 is 17.9 Å². The standard InChI is InChI=1S/C10H11F3INO/c1-6(15)9(10(11,12)13)16-8-4-2-3-7(14)5-8/h2-6,9H,15H2,1H3. The average molecular weight is 345 g/mol. The maximum atomic E-state index is 12.6. The van der Waals surface area contributed by atoms with Crippen LogP contribution in [0.1, 0.15) is 6.92 Å². The summed E-state index contributed by atoms with van der Waals surface area (Å²) >= 11 is 2.00. The van der Waals surface area contributed by atoms with Crippen LogP contribution >= 0.6 is 22.6 Å². The molecule has 2 unspecified atom stereocenters. The van der Waals surface area contributed by atoms with Crippen molar-refractivity contribution in [2.45, 2.75) is 25.2 Å². The van der Waals surface area contributed by atoms with Crippen molar-refractivity contribution >= 4 is 22.6 Å². The zero-order valence-electron chi connectivity index (χ0n) is 8.46. The molecule has 1 aromatic carbocycles. The van der Waals surface area contributed by atoms with E-state index in [1.807, 2.05) is 22.6 Å². The quantitative estimate of drug-likeness (QED) is 0.855. The van der Waals surface area contributed by atoms with E-state index in [1.54, 1.807) is 12.1 Å². The van der Waals surface area contributed by atoms with E-state index in [0.29, 0.717) is 0 Å². The van der Waals surface area contributed by atoms with Gasteiger partial charge < -0.3 is 10.5 Å². The van der Waals surface area contributed by atoms with Gasteiger partial charge in [-0.05, 0) is 47.7 Å². The smallest absolute Gasteiger partial charge is 0.426 e. The Labute approximate surface area is 105 Å². The zero-order chi connectivity index (χ0) is 12.3. The maximum absolute atomic E-state index is 12.6. The number of alkyl halides is 3. The normalized spacial score (nSPS) is 15.6. The summed E-state index contributed by atoms with van der Waals surface area (Å²) < 4.78 is 43.3. The van der Waals surface area contributed by atoms with Gasteiger partial charge in [0.25, 0.3) is 0 Å². The molecule has 1 rings (SSSR count). The summed E-state index contributed by atoms with van der Waals surface area (Å²) in [6.07, 6.45) is -6.44. The van der Waals surface area contributed by atoms with E-state index < -0.39 is 18.3 Å². The zero-order valence-corrected chi connectivity index (χ0v) is 10.6. The highest BCUT2D eigenvalue weighted by Crippen LogP contribution is 2.27. The Morgan fingerprint density at radius 2 is 2.00 bits per heavy atom. The summed E-state index contributed by atoms with van der Waals surface area (Å²) in [5.41, 5.74) is 5.26. The lowest BCUT2D eigenvalue weighted by molar-refractivity contribution is -0.199. The first-order valence-corrected chi connectivity index (χ1v) is 5.63. The van der Waals surface area contributed by atoms with Crippen LogP contribution in [-0.4, -0.2) is 18.3 Å². The van der Waals surface area contributed by atoms with Crippen LogP contribution in [0, 0.1) is 3.57 Å². The molecule has 0 bridgehead atoms. The molecule has 2 N–H and O–H groups in total. The second-order valence-corrected chi connectivity index (χ2v) is 4.64. The Kier molecular flexibility index (Phi) is 4.43. The fraction of sp³-hybridized carbons (Fsp3) is 0.400. The Balaban J connectivity index is 2.84. The van der Waals surface area contributed by atoms with Gasteiger partial charge in [-0.2, -0.15) is 13.2 Å². The molecule has 0 aromatic heterocycles. The molecule has 0 heterocycles. The molecule has 0 aliphatic carbocycles. The van der Waals surface area contributed by atoms with E-state index in [9.17, 15) is 13.2 Å². The van der Waals surface area contributed by atoms with Crippen LogP contribution in [-0.2, 0) is 0 Å². The Bertz CT molecular complexity index is 354. The molecule has 6 heteroatoms. The van der Waals surface area contributed by atoms with Gasteiger partial charge in [0.1, 0.15) is 5.75 Å². The highest BCUT2D eigenvalue weighted by atomic mass is 127. The molecule has 0 amide bonds. The van der Waals surface area contributed by atoms with Gasteiger partial charge in [0.15, 0.2) is 0 Å². The predicted molar refractivity (Wildman–Crippen MR) is 63.3 cm³/mol. The lowest BCUT2D eigenvalue weighted by Gasteiger charge is -2.24. The van der Waals surface area contributed by atoms with Gasteiger partial charge in [0.05, 0.1) is 0 Å². The number of benzene rings is 1. The molecule has 0 aliphatic rings. The summed E-state index contributed by atoms with van der Waals surface area (Å²) in [5.74, 6) is 0.173. The summed E-state index contributed by atoms with van der Waals surface area (Å²) in [4.78, 5) is 0. The minimum absolute atomic E-state index is 0.173. The molecular formula is C10H11F3INO. The van der Waals surface area contributed by atoms with Gasteiger partial charge in [-0.3, -0.25) is 0 Å². The van der Waals surface area contributed by atoms with Crippen molar-refractivity contribution in [3.05, 3.63) is 27.8 Å². The number of rotatable bonds is 3. The first kappa shape index (κ1) is 13.6. The molecule has 0 saturated carbocycles. The minimum Gasteiger partial charge on any atom is -0.479 e. The summed E-state index contributed by atoms with van der Waals surface area (Å²) in [6, 6.07) is 5.29. The van der Waals surface area contributed by atoms with Gasteiger partial charge >= 0.3 is 6.18 Å². The lowest BCUT2D eigenvalue weighted by atomic mass is 10.2. The topological polar surface area (TPSA) is 35.2 Å². The average Bonchev–Trinajstić information content (AvgIpc) is 2.12. The van der Waals surface area contributed by atoms with E-state index in [1.165, 1.54) is 19.1 Å². The molecule has 90 valence electrons. The molecule has 0 fully saturated rings. The first-order chi connectivity index (χ1) is 7.30. The fourth-order valence-corrected chi connectivity index (χ4v) is 1.67. The van der Waals surface area contributed by atoms with E-state index in [2.05, 4.69) is 0 Å². The number of hydrogen-bond donors (Lipinski definition) is 1. The molecule has 0 radical (unpaired) electrons. The van der Waals surface area contributed by atoms with Crippen molar-refractivity contribution in [1.82, 2.24) is 0 Å². The monoisotopic (exact) mass is 345 g/mol. The molecule has 0 saturated heterocycles. The van der Waals surface area contributed by atoms with Crippen molar-refractivity contribution in [3.8, 4) is 5.75 Å². The number of hydrogen-bond acceptors (Lipinski definition) is 2. The molecule has 0 aliphatic heterocycles. The van der Waals surface area contributed by atoms with Crippen LogP contribution < -0.4 is 10.5 Å². The van der Waals surface area contributed by atoms with E-state index >= 15 is 0 Å². The van der Waals surface area contributed by atoms with E-state index in [-0.39, 0.29) is 5.75 Å². The van der Waals surface area contributed by atoms with Gasteiger partial charge in [-0.15, -0.1) is 0 Å². The Morgan fingerprint density at radius 1 is 1.38 bits per heavy atom. The molecule has 1 aromatic rings. The van der Waals surface area contributed by atoms with Crippen LogP contribution in [0.15, 0.2) is 24.3 Å². The summed E-state index contributed by atoms with van der Waals surface area (Å²) in [5, 5.41) is 0. The first-order valence-electron chi connectivity index (χ1n) is 4.55. The summed E-state index contributed by atoms with van der Waals surface area (Å²) in [6.45, 7) is 1.27. The van der Waals surface area contributed by atoms with Crippen LogP contribution in [0.3, 0.4) is 0 Å². The van der Waals surface area contributed by atoms with Crippen LogP contribution in [0.25, 0.3) is 0 Å². The van der Waals surface area contributed by atoms with Gasteiger partial charge in [0, 0.05) is 9.61 Å². The van der Waals surface area contributed by atoms with Gasteiger partial charge in [0.2, 0.25) is 6.10 Å². The second-order valence-electron chi connectivity index (χ2n) is 3.40. The third-order valence-electron chi connectivity index (χ3n) is 1.86. The number of halogens is 4. The van der Waals surface area contributed by atoms with Crippen molar-refractivity contribution in [1.29, 1.82) is 0 Å². The predicted octanol–water partition coefficient (Wildman–Crippen LogP) is 2.95. The lowest BCUT2D eigenvalue weighted by Crippen LogP contribution is -2.47. The van der Waals surface area contributed by atoms with Crippen molar-refractivity contribution in [3.63, 3.8) is 0 Å². The molecule has 2 nitrogen and oxygen atoms in total. The largest absolute Gasteiger partial charge is 0.479 e. The third kappa shape index (κ3) is 3.82. The Morgan fingerprint density at radius 3 is 2.44 bits per heavy atom. The third-order valence-corrected chi connectivity index (χ3v) is 2.53. The SMILES string of the molecule is CC(N)C(Oc1cccc(I)c1)C(F)(F)F. The molecule has 16 heavy (non-hydrogen) atoms. The minimum atomic E-state index is -4.46. The van der Waals surface area contributed by atoms with Crippen molar-refractivity contribution in [2.75, 3.05) is 0 Å². The van der Waals surface area contributed by atoms with E-state index in [4.69, 9.17) is 10.5 Å². The van der Waals surface area contributed by atoms with Crippen molar-refractivity contribution in [2.24, 2.45) is 5.73 Å². The second kappa shape index (κ2) is 5.22. The highest BCUT2D eigenvalue weighted by Gasteiger charge is 2.44. The van der Waals surface area contributed by atoms with Gasteiger partial charge in [-0.1, -0.05) is 6.07 Å². The number of ether oxygens (including phenoxy) is 1. The summed E-state index contributed by atoms with van der Waals surface area (Å²) in [7, 11) is 0. The Hall–Kier alpha value is -0.500. The number of nitrogens with two attached hydrogens (primary N) is 1. The fourth-order valence-electron chi connectivity index (χ4n) is 1.16. The van der Waals surface area contributed by atoms with E-state index in [0.717, 1.165) is 3.57 Å². The molecule has 0 spiro atoms. The van der Waals surface area contributed by atoms with Gasteiger partial charge in [-0.25, -0.2) is 0 Å². The highest BCUT2D eigenvalue weighted by molar-refractivity contribution is 14.1. The molecular weight excluding hydrogens is 334 g/mol. The van der Waals surface area contributed by atoms with Crippen LogP contribution in [0.2, 0.25) is 0 Å². The van der Waals surface area contributed by atoms with Crippen LogP contribution in [0.5, 0.6) is 5.75 Å². The maximum Gasteiger partial charge on any atom is 0.426 e. The van der Waals surface area contributed by atoms with Crippen LogP contribution in [0.4, 0.5) is 13.2 Å².